The van der Waals surface area contributed by atoms with Crippen molar-refractivity contribution in [3.63, 3.8) is 0 Å². The van der Waals surface area contributed by atoms with Gasteiger partial charge in [-0.15, -0.1) is 0 Å². The lowest BCUT2D eigenvalue weighted by Gasteiger charge is -2.21. The first-order valence-corrected chi connectivity index (χ1v) is 7.89. The molecule has 7 heteroatoms. The van der Waals surface area contributed by atoms with Crippen molar-refractivity contribution in [3.05, 3.63) is 33.3 Å². The Bertz CT molecular complexity index is 553. The van der Waals surface area contributed by atoms with Crippen molar-refractivity contribution in [2.45, 2.75) is 6.42 Å². The second-order valence-electron chi connectivity index (χ2n) is 5.02. The molecule has 0 spiro atoms. The van der Waals surface area contributed by atoms with Gasteiger partial charge in [0.05, 0.1) is 11.6 Å². The van der Waals surface area contributed by atoms with Crippen LogP contribution in [0.3, 0.4) is 0 Å². The molecule has 0 bridgehead atoms. The second-order valence-corrected chi connectivity index (χ2v) is 6.28. The zero-order chi connectivity index (χ0) is 15.4. The van der Waals surface area contributed by atoms with Crippen LogP contribution in [-0.4, -0.2) is 54.3 Å². The number of carbonyl (C=O) groups is 2. The summed E-state index contributed by atoms with van der Waals surface area (Å²) in [5, 5.41) is 0.579. The van der Waals surface area contributed by atoms with E-state index in [1.807, 2.05) is 4.90 Å². The maximum atomic E-state index is 12.5. The molecule has 1 aromatic carbocycles. The number of amides is 2. The van der Waals surface area contributed by atoms with Crippen molar-refractivity contribution in [1.29, 1.82) is 0 Å². The highest BCUT2D eigenvalue weighted by atomic mass is 79.9. The van der Waals surface area contributed by atoms with E-state index < -0.39 is 0 Å². The van der Waals surface area contributed by atoms with Crippen LogP contribution in [0.25, 0.3) is 0 Å². The van der Waals surface area contributed by atoms with Gasteiger partial charge in [0.15, 0.2) is 0 Å². The summed E-state index contributed by atoms with van der Waals surface area (Å²) < 4.78 is 0.709. The number of nitrogens with two attached hydrogens (primary N) is 1. The minimum atomic E-state index is -0.337. The zero-order valence-electron chi connectivity index (χ0n) is 11.5. The summed E-state index contributed by atoms with van der Waals surface area (Å²) in [6, 6.07) is 5.16. The molecule has 0 unspecified atom stereocenters. The summed E-state index contributed by atoms with van der Waals surface area (Å²) in [6.07, 6.45) is 0.827. The molecular formula is C14H17BrClN3O2. The molecule has 2 rings (SSSR count). The molecule has 1 aliphatic rings. The quantitative estimate of drug-likeness (QED) is 0.876. The fourth-order valence-corrected chi connectivity index (χ4v) is 2.86. The minimum absolute atomic E-state index is 0.0201. The third-order valence-electron chi connectivity index (χ3n) is 3.42. The number of benzene rings is 1. The lowest BCUT2D eigenvalue weighted by Crippen LogP contribution is -2.38. The number of hydrogen-bond donors (Lipinski definition) is 1. The molecule has 0 aromatic heterocycles. The van der Waals surface area contributed by atoms with Crippen LogP contribution in [0.5, 0.6) is 0 Å². The number of carbonyl (C=O) groups excluding carboxylic acids is 2. The van der Waals surface area contributed by atoms with E-state index in [1.165, 1.54) is 0 Å². The van der Waals surface area contributed by atoms with Gasteiger partial charge in [-0.25, -0.2) is 0 Å². The fourth-order valence-electron chi connectivity index (χ4n) is 2.36. The van der Waals surface area contributed by atoms with Crippen LogP contribution >= 0.6 is 27.5 Å². The third kappa shape index (κ3) is 4.43. The Morgan fingerprint density at radius 1 is 1.24 bits per heavy atom. The molecule has 0 saturated carbocycles. The van der Waals surface area contributed by atoms with Gasteiger partial charge in [0.2, 0.25) is 5.91 Å². The molecule has 2 N–H and O–H groups in total. The summed E-state index contributed by atoms with van der Waals surface area (Å²) in [6.45, 7) is 2.94. The van der Waals surface area contributed by atoms with E-state index in [2.05, 4.69) is 15.9 Å². The molecule has 1 aromatic rings. The minimum Gasteiger partial charge on any atom is -0.369 e. The predicted octanol–water partition coefficient (Wildman–Crippen LogP) is 1.74. The van der Waals surface area contributed by atoms with Crippen LogP contribution in [0.2, 0.25) is 5.02 Å². The fraction of sp³-hybridized carbons (Fsp3) is 0.429. The van der Waals surface area contributed by atoms with Gasteiger partial charge >= 0.3 is 0 Å². The van der Waals surface area contributed by atoms with Gasteiger partial charge in [0, 0.05) is 36.2 Å². The molecule has 0 radical (unpaired) electrons. The second kappa shape index (κ2) is 7.24. The topological polar surface area (TPSA) is 66.6 Å². The van der Waals surface area contributed by atoms with Crippen molar-refractivity contribution in [1.82, 2.24) is 9.80 Å². The van der Waals surface area contributed by atoms with Gasteiger partial charge in [0.25, 0.3) is 5.91 Å². The van der Waals surface area contributed by atoms with E-state index in [0.29, 0.717) is 34.7 Å². The van der Waals surface area contributed by atoms with Gasteiger partial charge in [-0.05, 0) is 40.5 Å². The summed E-state index contributed by atoms with van der Waals surface area (Å²) >= 11 is 9.27. The standard InChI is InChI=1S/C14H17BrClN3O2/c15-11-8-10(2-3-12(11)16)14(21)19-5-1-4-18(6-7-19)9-13(17)20/h2-3,8H,1,4-7,9H2,(H2,17,20). The molecular weight excluding hydrogens is 358 g/mol. The molecule has 1 fully saturated rings. The summed E-state index contributed by atoms with van der Waals surface area (Å²) in [5.41, 5.74) is 5.82. The van der Waals surface area contributed by atoms with Gasteiger partial charge in [-0.3, -0.25) is 14.5 Å². The van der Waals surface area contributed by atoms with Crippen LogP contribution in [0, 0.1) is 0 Å². The SMILES string of the molecule is NC(=O)CN1CCCN(C(=O)c2ccc(Cl)c(Br)c2)CC1. The van der Waals surface area contributed by atoms with Crippen LogP contribution in [0.1, 0.15) is 16.8 Å². The first-order valence-electron chi connectivity index (χ1n) is 6.72. The summed E-state index contributed by atoms with van der Waals surface area (Å²) in [4.78, 5) is 27.2. The average molecular weight is 375 g/mol. The molecule has 1 saturated heterocycles. The lowest BCUT2D eigenvalue weighted by atomic mass is 10.2. The number of primary amides is 1. The number of hydrogen-bond acceptors (Lipinski definition) is 3. The Kier molecular flexibility index (Phi) is 5.61. The van der Waals surface area contributed by atoms with Crippen molar-refractivity contribution in [2.24, 2.45) is 5.73 Å². The predicted molar refractivity (Wildman–Crippen MR) is 85.3 cm³/mol. The van der Waals surface area contributed by atoms with Crippen LogP contribution in [-0.2, 0) is 4.79 Å². The van der Waals surface area contributed by atoms with Crippen molar-refractivity contribution >= 4 is 39.3 Å². The Hall–Kier alpha value is -1.11. The highest BCUT2D eigenvalue weighted by Gasteiger charge is 2.21. The molecule has 114 valence electrons. The van der Waals surface area contributed by atoms with Gasteiger partial charge in [-0.2, -0.15) is 0 Å². The van der Waals surface area contributed by atoms with Crippen molar-refractivity contribution in [3.8, 4) is 0 Å². The molecule has 0 aliphatic carbocycles. The Balaban J connectivity index is 2.02. The van der Waals surface area contributed by atoms with Crippen molar-refractivity contribution < 1.29 is 9.59 Å². The van der Waals surface area contributed by atoms with E-state index in [1.54, 1.807) is 23.1 Å². The Morgan fingerprint density at radius 3 is 2.67 bits per heavy atom. The molecule has 21 heavy (non-hydrogen) atoms. The first-order chi connectivity index (χ1) is 9.97. The molecule has 1 heterocycles. The highest BCUT2D eigenvalue weighted by Crippen LogP contribution is 2.24. The maximum Gasteiger partial charge on any atom is 0.253 e. The van der Waals surface area contributed by atoms with Gasteiger partial charge in [-0.1, -0.05) is 11.6 Å². The maximum absolute atomic E-state index is 12.5. The molecule has 2 amide bonds. The van der Waals surface area contributed by atoms with E-state index >= 15 is 0 Å². The normalized spacial score (nSPS) is 16.6. The number of halogens is 2. The van der Waals surface area contributed by atoms with Crippen LogP contribution < -0.4 is 5.73 Å². The van der Waals surface area contributed by atoms with Crippen molar-refractivity contribution in [2.75, 3.05) is 32.7 Å². The first kappa shape index (κ1) is 16.3. The summed E-state index contributed by atoms with van der Waals surface area (Å²) in [7, 11) is 0. The van der Waals surface area contributed by atoms with Gasteiger partial charge in [0.1, 0.15) is 0 Å². The molecule has 0 atom stereocenters. The van der Waals surface area contributed by atoms with Crippen LogP contribution in [0.15, 0.2) is 22.7 Å². The van der Waals surface area contributed by atoms with E-state index in [0.717, 1.165) is 13.0 Å². The van der Waals surface area contributed by atoms with E-state index in [9.17, 15) is 9.59 Å². The summed E-state index contributed by atoms with van der Waals surface area (Å²) in [5.74, 6) is -0.357. The highest BCUT2D eigenvalue weighted by molar-refractivity contribution is 9.10. The Morgan fingerprint density at radius 2 is 2.00 bits per heavy atom. The van der Waals surface area contributed by atoms with Gasteiger partial charge < -0.3 is 10.6 Å². The number of rotatable bonds is 3. The third-order valence-corrected chi connectivity index (χ3v) is 4.64. The molecule has 1 aliphatic heterocycles. The average Bonchev–Trinajstić information content (AvgIpc) is 2.66. The largest absolute Gasteiger partial charge is 0.369 e. The zero-order valence-corrected chi connectivity index (χ0v) is 13.9. The smallest absolute Gasteiger partial charge is 0.253 e. The Labute approximate surface area is 137 Å². The monoisotopic (exact) mass is 373 g/mol. The van der Waals surface area contributed by atoms with Crippen LogP contribution in [0.4, 0.5) is 0 Å². The van der Waals surface area contributed by atoms with E-state index in [-0.39, 0.29) is 18.4 Å². The number of nitrogens with zero attached hydrogens (tertiary/aromatic N) is 2. The van der Waals surface area contributed by atoms with E-state index in [4.69, 9.17) is 17.3 Å². The molecule has 5 nitrogen and oxygen atoms in total. The lowest BCUT2D eigenvalue weighted by molar-refractivity contribution is -0.119.